The largest absolute Gasteiger partial charge is 0.463 e. The van der Waals surface area contributed by atoms with Crippen molar-refractivity contribution in [1.82, 2.24) is 5.43 Å². The Balaban J connectivity index is 1.33. The summed E-state index contributed by atoms with van der Waals surface area (Å²) in [7, 11) is 0. The molecule has 0 spiro atoms. The van der Waals surface area contributed by atoms with Crippen LogP contribution in [0, 0.1) is 0 Å². The Labute approximate surface area is 234 Å². The van der Waals surface area contributed by atoms with E-state index in [0.717, 1.165) is 22.5 Å². The van der Waals surface area contributed by atoms with Gasteiger partial charge in [0.15, 0.2) is 5.11 Å². The summed E-state index contributed by atoms with van der Waals surface area (Å²) >= 11 is 11.8. The van der Waals surface area contributed by atoms with Crippen molar-refractivity contribution in [3.8, 4) is 0 Å². The second-order valence-electron chi connectivity index (χ2n) is 8.90. The molecule has 0 aliphatic carbocycles. The number of rotatable bonds is 5. The Morgan fingerprint density at radius 3 is 2.41 bits per heavy atom. The maximum Gasteiger partial charge on any atom is 0.201 e. The number of thiocarbonyl (C=S) groups is 1. The summed E-state index contributed by atoms with van der Waals surface area (Å²) in [5, 5.41) is 6.02. The van der Waals surface area contributed by atoms with Crippen molar-refractivity contribution >= 4 is 63.2 Å². The molecular formula is C31H21ClN4O2S. The van der Waals surface area contributed by atoms with E-state index in [1.807, 2.05) is 72.8 Å². The molecule has 1 unspecified atom stereocenters. The topological polar surface area (TPSA) is 70.2 Å². The van der Waals surface area contributed by atoms with Crippen molar-refractivity contribution in [1.29, 1.82) is 0 Å². The van der Waals surface area contributed by atoms with Crippen molar-refractivity contribution in [2.45, 2.75) is 6.04 Å². The molecule has 2 heterocycles. The zero-order chi connectivity index (χ0) is 26.8. The summed E-state index contributed by atoms with van der Waals surface area (Å²) in [5.41, 5.74) is 8.13. The summed E-state index contributed by atoms with van der Waals surface area (Å²) in [6.07, 6.45) is 2.91. The average Bonchev–Trinajstić information content (AvgIpc) is 2.98. The monoisotopic (exact) mass is 548 g/mol. The molecule has 6 nitrogen and oxygen atoms in total. The Kier molecular flexibility index (Phi) is 6.75. The third-order valence-electron chi connectivity index (χ3n) is 6.43. The Morgan fingerprint density at radius 2 is 1.67 bits per heavy atom. The quantitative estimate of drug-likeness (QED) is 0.188. The van der Waals surface area contributed by atoms with Gasteiger partial charge in [0.1, 0.15) is 17.9 Å². The van der Waals surface area contributed by atoms with Gasteiger partial charge in [0.2, 0.25) is 5.43 Å². The summed E-state index contributed by atoms with van der Waals surface area (Å²) in [6, 6.07) is 32.6. The Bertz CT molecular complexity index is 1790. The highest BCUT2D eigenvalue weighted by molar-refractivity contribution is 7.80. The number of fused-ring (bicyclic) bond motifs is 1. The number of hydrazone groups is 1. The van der Waals surface area contributed by atoms with E-state index < -0.39 is 0 Å². The van der Waals surface area contributed by atoms with Crippen LogP contribution in [0.4, 0.5) is 11.4 Å². The summed E-state index contributed by atoms with van der Waals surface area (Å²) < 4.78 is 5.59. The molecule has 6 rings (SSSR count). The molecule has 4 aromatic carbocycles. The minimum Gasteiger partial charge on any atom is -0.463 e. The Morgan fingerprint density at radius 1 is 0.949 bits per heavy atom. The van der Waals surface area contributed by atoms with Gasteiger partial charge in [-0.1, -0.05) is 72.3 Å². The van der Waals surface area contributed by atoms with E-state index >= 15 is 0 Å². The van der Waals surface area contributed by atoms with Crippen molar-refractivity contribution in [3.05, 3.63) is 141 Å². The van der Waals surface area contributed by atoms with Gasteiger partial charge >= 0.3 is 0 Å². The predicted octanol–water partition coefficient (Wildman–Crippen LogP) is 7.04. The van der Waals surface area contributed by atoms with Gasteiger partial charge < -0.3 is 9.32 Å². The molecule has 1 N–H and O–H groups in total. The van der Waals surface area contributed by atoms with E-state index in [9.17, 15) is 4.79 Å². The van der Waals surface area contributed by atoms with Gasteiger partial charge in [0.25, 0.3) is 0 Å². The van der Waals surface area contributed by atoms with Gasteiger partial charge in [-0.15, -0.1) is 0 Å². The van der Waals surface area contributed by atoms with Crippen LogP contribution in [0.3, 0.4) is 0 Å². The van der Waals surface area contributed by atoms with E-state index in [2.05, 4.69) is 32.6 Å². The number of hydrogen-bond acceptors (Lipinski definition) is 5. The third kappa shape index (κ3) is 4.97. The number of halogens is 1. The van der Waals surface area contributed by atoms with E-state index in [1.165, 1.54) is 12.5 Å². The molecule has 1 atom stereocenters. The zero-order valence-electron chi connectivity index (χ0n) is 20.5. The van der Waals surface area contributed by atoms with Crippen LogP contribution in [0.25, 0.3) is 11.0 Å². The second kappa shape index (κ2) is 10.6. The van der Waals surface area contributed by atoms with Crippen LogP contribution in [-0.2, 0) is 0 Å². The van der Waals surface area contributed by atoms with Gasteiger partial charge in [-0.3, -0.25) is 15.2 Å². The van der Waals surface area contributed by atoms with Crippen LogP contribution in [0.15, 0.2) is 129 Å². The summed E-state index contributed by atoms with van der Waals surface area (Å²) in [6.45, 7) is 0. The molecule has 0 bridgehead atoms. The van der Waals surface area contributed by atoms with Crippen molar-refractivity contribution in [2.75, 3.05) is 4.90 Å². The van der Waals surface area contributed by atoms with Crippen LogP contribution in [0.5, 0.6) is 0 Å². The van der Waals surface area contributed by atoms with Gasteiger partial charge in [-0.05, 0) is 60.2 Å². The van der Waals surface area contributed by atoms with Gasteiger partial charge in [-0.25, -0.2) is 0 Å². The number of hydrogen-bond donors (Lipinski definition) is 1. The molecule has 0 saturated carbocycles. The van der Waals surface area contributed by atoms with Crippen molar-refractivity contribution in [3.63, 3.8) is 0 Å². The molecule has 39 heavy (non-hydrogen) atoms. The molecule has 1 aliphatic rings. The first-order valence-corrected chi connectivity index (χ1v) is 13.0. The zero-order valence-corrected chi connectivity index (χ0v) is 22.1. The predicted molar refractivity (Wildman–Crippen MR) is 162 cm³/mol. The number of aliphatic imine (C=N–C) groups is 1. The number of nitrogens with zero attached hydrogens (tertiary/aromatic N) is 3. The Hall–Kier alpha value is -4.59. The highest BCUT2D eigenvalue weighted by Gasteiger charge is 2.33. The molecule has 1 aliphatic heterocycles. The molecule has 0 fully saturated rings. The molecular weight excluding hydrogens is 528 g/mol. The van der Waals surface area contributed by atoms with Crippen molar-refractivity contribution in [2.24, 2.45) is 10.1 Å². The molecule has 0 radical (unpaired) electrons. The van der Waals surface area contributed by atoms with Crippen LogP contribution < -0.4 is 15.8 Å². The molecule has 1 aromatic heterocycles. The molecule has 8 heteroatoms. The van der Waals surface area contributed by atoms with Crippen LogP contribution in [-0.4, -0.2) is 17.0 Å². The lowest BCUT2D eigenvalue weighted by atomic mass is 9.94. The van der Waals surface area contributed by atoms with E-state index in [1.54, 1.807) is 18.2 Å². The number of benzene rings is 4. The third-order valence-corrected chi connectivity index (χ3v) is 6.96. The number of nitrogens with one attached hydrogen (secondary N) is 1. The minimum absolute atomic E-state index is 0.192. The minimum atomic E-state index is -0.231. The molecule has 5 aromatic rings. The first-order chi connectivity index (χ1) is 19.1. The number of anilines is 1. The fraction of sp³-hybridized carbons (Fsp3) is 0.0323. The second-order valence-corrected chi connectivity index (χ2v) is 9.72. The summed E-state index contributed by atoms with van der Waals surface area (Å²) in [5.74, 6) is 0. The molecule has 0 saturated heterocycles. The normalized spacial score (nSPS) is 15.4. The van der Waals surface area contributed by atoms with Crippen LogP contribution >= 0.6 is 23.8 Å². The lowest BCUT2D eigenvalue weighted by molar-refractivity contribution is 0.601. The maximum absolute atomic E-state index is 12.9. The fourth-order valence-corrected chi connectivity index (χ4v) is 4.98. The van der Waals surface area contributed by atoms with Crippen LogP contribution in [0.2, 0.25) is 5.02 Å². The van der Waals surface area contributed by atoms with Gasteiger partial charge in [0, 0.05) is 22.5 Å². The highest BCUT2D eigenvalue weighted by atomic mass is 35.5. The lowest BCUT2D eigenvalue weighted by Crippen LogP contribution is -2.48. The van der Waals surface area contributed by atoms with Gasteiger partial charge in [0.05, 0.1) is 22.3 Å². The van der Waals surface area contributed by atoms with Crippen LogP contribution in [0.1, 0.15) is 22.7 Å². The average molecular weight is 549 g/mol. The standard InChI is InChI=1S/C31H21ClN4O2S/c32-23-11-16-27-26(17-23)30(37)22(19-38-27)18-33-24-12-14-25(15-13-24)36-29(21-9-5-2-6-10-21)28(34-35-31(36)39)20-7-3-1-4-8-20/h1-19,29H,(H,35,39). The molecule has 190 valence electrons. The smallest absolute Gasteiger partial charge is 0.201 e. The highest BCUT2D eigenvalue weighted by Crippen LogP contribution is 2.34. The van der Waals surface area contributed by atoms with E-state index in [4.69, 9.17) is 28.2 Å². The SMILES string of the molecule is O=c1c(C=Nc2ccc(N3C(=S)NN=C(c4ccccc4)C3c3ccccc3)cc2)coc2ccc(Cl)cc12. The van der Waals surface area contributed by atoms with E-state index in [-0.39, 0.29) is 11.5 Å². The van der Waals surface area contributed by atoms with E-state index in [0.29, 0.717) is 32.4 Å². The lowest BCUT2D eigenvalue weighted by Gasteiger charge is -2.37. The fourth-order valence-electron chi connectivity index (χ4n) is 4.55. The maximum atomic E-state index is 12.9. The van der Waals surface area contributed by atoms with Crippen molar-refractivity contribution < 1.29 is 4.42 Å². The van der Waals surface area contributed by atoms with Gasteiger partial charge in [-0.2, -0.15) is 5.10 Å². The summed E-state index contributed by atoms with van der Waals surface area (Å²) in [4.78, 5) is 19.4. The first kappa shape index (κ1) is 24.7. The molecule has 0 amide bonds. The first-order valence-electron chi connectivity index (χ1n) is 12.2.